The van der Waals surface area contributed by atoms with Gasteiger partial charge in [-0.3, -0.25) is 9.59 Å². The number of aromatic amines is 1. The lowest BCUT2D eigenvalue weighted by Gasteiger charge is -2.47. The van der Waals surface area contributed by atoms with E-state index in [4.69, 9.17) is 0 Å². The number of para-hydroxylation sites is 1. The maximum absolute atomic E-state index is 14.4. The Morgan fingerprint density at radius 3 is 2.32 bits per heavy atom. The van der Waals surface area contributed by atoms with Gasteiger partial charge in [-0.25, -0.2) is 0 Å². The Morgan fingerprint density at radius 2 is 1.68 bits per heavy atom. The van der Waals surface area contributed by atoms with Crippen LogP contribution in [-0.2, 0) is 9.59 Å². The number of aryl methyl sites for hydroxylation is 1. The molecule has 2 N–H and O–H groups in total. The molecular formula is C34H45N5O2. The third kappa shape index (κ3) is 4.92. The van der Waals surface area contributed by atoms with Gasteiger partial charge in [-0.15, -0.1) is 0 Å². The molecule has 2 atom stereocenters. The molecule has 2 amide bonds. The zero-order valence-corrected chi connectivity index (χ0v) is 25.5. The summed E-state index contributed by atoms with van der Waals surface area (Å²) in [6.45, 7) is 8.36. The maximum Gasteiger partial charge on any atom is 0.250 e. The van der Waals surface area contributed by atoms with E-state index in [2.05, 4.69) is 72.2 Å². The summed E-state index contributed by atoms with van der Waals surface area (Å²) in [7, 11) is 6.11. The first-order chi connectivity index (χ1) is 19.5. The zero-order valence-electron chi connectivity index (χ0n) is 25.5. The van der Waals surface area contributed by atoms with Crippen molar-refractivity contribution in [3.05, 3.63) is 59.8 Å². The predicted molar refractivity (Wildman–Crippen MR) is 166 cm³/mol. The summed E-state index contributed by atoms with van der Waals surface area (Å²) in [5.74, 6) is 0.677. The standard InChI is InChI=1S/C34H45N5O2/c1-22-30(26-9-7-8-10-28(26)35-22)31-27(33(31,2)3)21-29(40)39(25-15-16-25)34(17-19-38(6)20-18-34)32(41)36-23-11-13-24(14-12-23)37(4)5/h7-14,25,27,31,35H,15-21H2,1-6H3,(H,36,41)/t27-,31+/m0/s1. The lowest BCUT2D eigenvalue weighted by Crippen LogP contribution is -2.64. The van der Waals surface area contributed by atoms with Crippen molar-refractivity contribution in [2.75, 3.05) is 44.4 Å². The average molecular weight is 556 g/mol. The van der Waals surface area contributed by atoms with Crippen molar-refractivity contribution in [3.8, 4) is 0 Å². The van der Waals surface area contributed by atoms with Gasteiger partial charge in [0, 0.05) is 67.6 Å². The minimum atomic E-state index is -0.823. The van der Waals surface area contributed by atoms with Gasteiger partial charge in [0.25, 0.3) is 0 Å². The molecule has 6 rings (SSSR count). The Labute approximate surface area is 244 Å². The second-order valence-corrected chi connectivity index (χ2v) is 13.5. The average Bonchev–Trinajstić information content (AvgIpc) is 3.82. The van der Waals surface area contributed by atoms with Crippen molar-refractivity contribution in [1.29, 1.82) is 0 Å². The minimum Gasteiger partial charge on any atom is -0.378 e. The van der Waals surface area contributed by atoms with Crippen LogP contribution in [0.1, 0.15) is 63.1 Å². The molecule has 0 spiro atoms. The zero-order chi connectivity index (χ0) is 29.1. The molecule has 3 fully saturated rings. The molecule has 0 radical (unpaired) electrons. The second-order valence-electron chi connectivity index (χ2n) is 13.5. The number of nitrogens with zero attached hydrogens (tertiary/aromatic N) is 3. The van der Waals surface area contributed by atoms with E-state index in [1.54, 1.807) is 0 Å². The van der Waals surface area contributed by atoms with Gasteiger partial charge in [-0.2, -0.15) is 0 Å². The Bertz CT molecular complexity index is 1440. The third-order valence-electron chi connectivity index (χ3n) is 10.2. The number of nitrogens with one attached hydrogen (secondary N) is 2. The smallest absolute Gasteiger partial charge is 0.250 e. The number of H-pyrrole nitrogens is 1. The summed E-state index contributed by atoms with van der Waals surface area (Å²) in [5, 5.41) is 4.49. The highest BCUT2D eigenvalue weighted by molar-refractivity contribution is 6.01. The number of rotatable bonds is 8. The first-order valence-corrected chi connectivity index (χ1v) is 15.2. The topological polar surface area (TPSA) is 71.7 Å². The fourth-order valence-electron chi connectivity index (χ4n) is 7.46. The van der Waals surface area contributed by atoms with Crippen LogP contribution >= 0.6 is 0 Å². The number of hydrogen-bond donors (Lipinski definition) is 2. The van der Waals surface area contributed by atoms with Crippen LogP contribution in [0.15, 0.2) is 48.5 Å². The van der Waals surface area contributed by atoms with Crippen LogP contribution in [0.3, 0.4) is 0 Å². The van der Waals surface area contributed by atoms with Crippen molar-refractivity contribution in [2.45, 2.75) is 70.4 Å². The second kappa shape index (κ2) is 10.2. The van der Waals surface area contributed by atoms with E-state index >= 15 is 0 Å². The normalized spacial score (nSPS) is 23.3. The first-order valence-electron chi connectivity index (χ1n) is 15.2. The molecule has 2 saturated carbocycles. The molecular weight excluding hydrogens is 510 g/mol. The van der Waals surface area contributed by atoms with Crippen molar-refractivity contribution in [3.63, 3.8) is 0 Å². The first kappa shape index (κ1) is 27.8. The molecule has 1 aliphatic heterocycles. The van der Waals surface area contributed by atoms with Crippen molar-refractivity contribution in [2.24, 2.45) is 11.3 Å². The van der Waals surface area contributed by atoms with E-state index in [1.165, 1.54) is 16.6 Å². The van der Waals surface area contributed by atoms with E-state index in [0.717, 1.165) is 42.8 Å². The highest BCUT2D eigenvalue weighted by atomic mass is 16.2. The lowest BCUT2D eigenvalue weighted by molar-refractivity contribution is -0.150. The summed E-state index contributed by atoms with van der Waals surface area (Å²) >= 11 is 0. The minimum absolute atomic E-state index is 0.0248. The molecule has 3 aliphatic rings. The van der Waals surface area contributed by atoms with Crippen molar-refractivity contribution in [1.82, 2.24) is 14.8 Å². The monoisotopic (exact) mass is 555 g/mol. The molecule has 2 aliphatic carbocycles. The molecule has 3 aromatic rings. The molecule has 7 heteroatoms. The van der Waals surface area contributed by atoms with Gasteiger partial charge in [0.05, 0.1) is 0 Å². The summed E-state index contributed by atoms with van der Waals surface area (Å²) in [4.78, 5) is 38.6. The van der Waals surface area contributed by atoms with E-state index in [0.29, 0.717) is 25.2 Å². The number of hydrogen-bond acceptors (Lipinski definition) is 4. The largest absolute Gasteiger partial charge is 0.378 e. The summed E-state index contributed by atoms with van der Waals surface area (Å²) in [5.41, 5.74) is 4.78. The Balaban J connectivity index is 1.27. The fraction of sp³-hybridized carbons (Fsp3) is 0.529. The number of benzene rings is 2. The van der Waals surface area contributed by atoms with Gasteiger partial charge in [0.15, 0.2) is 0 Å². The predicted octanol–water partition coefficient (Wildman–Crippen LogP) is 5.77. The van der Waals surface area contributed by atoms with E-state index in [9.17, 15) is 9.59 Å². The Kier molecular flexibility index (Phi) is 6.92. The number of anilines is 2. The SMILES string of the molecule is Cc1[nH]c2ccccc2c1[C@H]1[C@H](CC(=O)N(C2CC2)C2(C(=O)Nc3ccc(N(C)C)cc3)CCN(C)CC2)C1(C)C. The summed E-state index contributed by atoms with van der Waals surface area (Å²) < 4.78 is 0. The van der Waals surface area contributed by atoms with Gasteiger partial charge in [-0.05, 0) is 92.8 Å². The van der Waals surface area contributed by atoms with Crippen LogP contribution in [0.4, 0.5) is 11.4 Å². The highest BCUT2D eigenvalue weighted by Crippen LogP contribution is 2.67. The van der Waals surface area contributed by atoms with E-state index in [1.807, 2.05) is 43.3 Å². The number of fused-ring (bicyclic) bond motifs is 1. The van der Waals surface area contributed by atoms with Crippen molar-refractivity contribution < 1.29 is 9.59 Å². The molecule has 41 heavy (non-hydrogen) atoms. The maximum atomic E-state index is 14.4. The molecule has 1 aromatic heterocycles. The summed E-state index contributed by atoms with van der Waals surface area (Å²) in [6.07, 6.45) is 3.76. The molecule has 218 valence electrons. The number of likely N-dealkylation sites (tertiary alicyclic amines) is 1. The quantitative estimate of drug-likeness (QED) is 0.370. The van der Waals surface area contributed by atoms with Crippen LogP contribution in [0, 0.1) is 18.3 Å². The third-order valence-corrected chi connectivity index (χ3v) is 10.2. The number of piperidine rings is 1. The van der Waals surface area contributed by atoms with Crippen LogP contribution in [0.25, 0.3) is 10.9 Å². The van der Waals surface area contributed by atoms with Crippen molar-refractivity contribution >= 4 is 34.1 Å². The number of aromatic nitrogens is 1. The lowest BCUT2D eigenvalue weighted by atomic mass is 9.83. The Morgan fingerprint density at radius 1 is 1.02 bits per heavy atom. The molecule has 2 aromatic carbocycles. The van der Waals surface area contributed by atoms with Crippen LogP contribution in [-0.4, -0.2) is 72.4 Å². The molecule has 0 unspecified atom stereocenters. The fourth-order valence-corrected chi connectivity index (χ4v) is 7.46. The van der Waals surface area contributed by atoms with Gasteiger partial charge >= 0.3 is 0 Å². The van der Waals surface area contributed by atoms with Gasteiger partial charge in [0.1, 0.15) is 5.54 Å². The molecule has 0 bridgehead atoms. The number of carbonyl (C=O) groups excluding carboxylic acids is 2. The molecule has 1 saturated heterocycles. The molecule has 7 nitrogen and oxygen atoms in total. The highest BCUT2D eigenvalue weighted by Gasteiger charge is 2.61. The Hall–Kier alpha value is -3.32. The van der Waals surface area contributed by atoms with E-state index in [-0.39, 0.29) is 29.2 Å². The van der Waals surface area contributed by atoms with Crippen LogP contribution < -0.4 is 10.2 Å². The van der Waals surface area contributed by atoms with E-state index < -0.39 is 5.54 Å². The van der Waals surface area contributed by atoms with Gasteiger partial charge < -0.3 is 25.0 Å². The van der Waals surface area contributed by atoms with Gasteiger partial charge in [0.2, 0.25) is 11.8 Å². The number of carbonyl (C=O) groups is 2. The summed E-state index contributed by atoms with van der Waals surface area (Å²) in [6, 6.07) is 16.6. The molecule has 2 heterocycles. The van der Waals surface area contributed by atoms with Crippen LogP contribution in [0.5, 0.6) is 0 Å². The van der Waals surface area contributed by atoms with Gasteiger partial charge in [-0.1, -0.05) is 32.0 Å². The number of amides is 2. The van der Waals surface area contributed by atoms with Crippen LogP contribution in [0.2, 0.25) is 0 Å².